The molecule has 0 spiro atoms. The Balaban J connectivity index is 1.49. The number of aryl methyl sites for hydroxylation is 1. The number of nitrogens with one attached hydrogen (secondary N) is 2. The van der Waals surface area contributed by atoms with Crippen molar-refractivity contribution in [3.63, 3.8) is 0 Å². The fourth-order valence-electron chi connectivity index (χ4n) is 4.16. The van der Waals surface area contributed by atoms with Gasteiger partial charge in [-0.2, -0.15) is 4.98 Å². The molecule has 0 saturated carbocycles. The maximum absolute atomic E-state index is 14.7. The number of hydrogen-bond donors (Lipinski definition) is 2. The summed E-state index contributed by atoms with van der Waals surface area (Å²) in [5, 5.41) is 6.59. The summed E-state index contributed by atoms with van der Waals surface area (Å²) in [4.78, 5) is 15.5. The van der Waals surface area contributed by atoms with Crippen LogP contribution < -0.4 is 15.5 Å². The Hall–Kier alpha value is -2.54. The molecule has 5 rings (SSSR count). The Labute approximate surface area is 151 Å². The van der Waals surface area contributed by atoms with Crippen LogP contribution >= 0.6 is 0 Å². The van der Waals surface area contributed by atoms with E-state index in [0.717, 1.165) is 37.2 Å². The van der Waals surface area contributed by atoms with Crippen LogP contribution in [0.3, 0.4) is 0 Å². The molecule has 3 aliphatic heterocycles. The van der Waals surface area contributed by atoms with E-state index in [1.54, 1.807) is 6.92 Å². The van der Waals surface area contributed by atoms with Gasteiger partial charge in [0.25, 0.3) is 0 Å². The zero-order valence-electron chi connectivity index (χ0n) is 14.7. The molecule has 2 bridgehead atoms. The molecule has 4 heterocycles. The van der Waals surface area contributed by atoms with Crippen LogP contribution in [0.1, 0.15) is 29.7 Å². The van der Waals surface area contributed by atoms with Crippen molar-refractivity contribution in [1.82, 2.24) is 15.3 Å². The van der Waals surface area contributed by atoms with Gasteiger partial charge in [0.15, 0.2) is 11.6 Å². The third-order valence-corrected chi connectivity index (χ3v) is 5.52. The molecule has 26 heavy (non-hydrogen) atoms. The second kappa shape index (κ2) is 6.02. The normalized spacial score (nSPS) is 23.4. The Morgan fingerprint density at radius 3 is 2.81 bits per heavy atom. The highest BCUT2D eigenvalue weighted by molar-refractivity contribution is 5.86. The lowest BCUT2D eigenvalue weighted by Crippen LogP contribution is -2.52. The van der Waals surface area contributed by atoms with Gasteiger partial charge in [-0.05, 0) is 43.0 Å². The van der Waals surface area contributed by atoms with Gasteiger partial charge in [0.05, 0.1) is 12.2 Å². The molecule has 0 radical (unpaired) electrons. The van der Waals surface area contributed by atoms with Gasteiger partial charge in [0.1, 0.15) is 0 Å². The van der Waals surface area contributed by atoms with Crippen molar-refractivity contribution < 1.29 is 4.39 Å². The van der Waals surface area contributed by atoms with Crippen molar-refractivity contribution >= 4 is 23.7 Å². The number of rotatable bonds is 3. The van der Waals surface area contributed by atoms with E-state index in [-0.39, 0.29) is 5.82 Å². The highest BCUT2D eigenvalue weighted by Crippen LogP contribution is 2.32. The van der Waals surface area contributed by atoms with Crippen molar-refractivity contribution in [2.24, 2.45) is 4.99 Å². The van der Waals surface area contributed by atoms with Gasteiger partial charge in [-0.15, -0.1) is 0 Å². The van der Waals surface area contributed by atoms with Gasteiger partial charge in [0, 0.05) is 37.1 Å². The third-order valence-electron chi connectivity index (χ3n) is 5.52. The summed E-state index contributed by atoms with van der Waals surface area (Å²) < 4.78 is 14.7. The lowest BCUT2D eigenvalue weighted by molar-refractivity contribution is 0.475. The molecule has 2 fully saturated rings. The molecule has 2 unspecified atom stereocenters. The summed E-state index contributed by atoms with van der Waals surface area (Å²) in [5.74, 6) is 0.467. The maximum atomic E-state index is 14.7. The fourth-order valence-corrected chi connectivity index (χ4v) is 4.16. The molecule has 6 nitrogen and oxygen atoms in total. The maximum Gasteiger partial charge on any atom is 0.228 e. The third kappa shape index (κ3) is 2.54. The average molecular weight is 352 g/mol. The van der Waals surface area contributed by atoms with E-state index in [2.05, 4.69) is 30.5 Å². The van der Waals surface area contributed by atoms with Gasteiger partial charge < -0.3 is 15.5 Å². The van der Waals surface area contributed by atoms with Crippen LogP contribution in [-0.4, -0.2) is 41.4 Å². The van der Waals surface area contributed by atoms with E-state index in [1.165, 1.54) is 5.56 Å². The van der Waals surface area contributed by atoms with E-state index in [9.17, 15) is 4.39 Å². The number of aromatic nitrogens is 2. The number of fused-ring (bicyclic) bond motifs is 3. The topological polar surface area (TPSA) is 65.4 Å². The molecule has 1 aromatic carbocycles. The quantitative estimate of drug-likeness (QED) is 0.889. The molecule has 3 aliphatic rings. The summed E-state index contributed by atoms with van der Waals surface area (Å²) >= 11 is 0. The van der Waals surface area contributed by atoms with Crippen molar-refractivity contribution in [2.75, 3.05) is 23.3 Å². The standard InChI is InChI=1S/C19H21FN6/c1-11-17(20)18(24-14-3-2-12-7-21-8-13(12)6-14)25-19(23-11)26-15-4-5-16(26)10-22-9-15/h2-3,6,8,15-16,22H,4-5,7,9-10H2,1H3,(H,23,24,25). The molecule has 7 heteroatoms. The molecule has 0 amide bonds. The van der Waals surface area contributed by atoms with E-state index < -0.39 is 5.82 Å². The Kier molecular flexibility index (Phi) is 3.63. The smallest absolute Gasteiger partial charge is 0.228 e. The van der Waals surface area contributed by atoms with Crippen molar-refractivity contribution in [1.29, 1.82) is 0 Å². The van der Waals surface area contributed by atoms with Crippen molar-refractivity contribution in [2.45, 2.75) is 38.4 Å². The number of aliphatic imine (C=N–C) groups is 1. The summed E-state index contributed by atoms with van der Waals surface area (Å²) in [6, 6.07) is 6.73. The molecule has 0 aliphatic carbocycles. The molecule has 2 N–H and O–H groups in total. The number of anilines is 3. The van der Waals surface area contributed by atoms with Crippen molar-refractivity contribution in [3.8, 4) is 0 Å². The number of benzene rings is 1. The summed E-state index contributed by atoms with van der Waals surface area (Å²) in [6.45, 7) is 4.28. The fraction of sp³-hybridized carbons (Fsp3) is 0.421. The molecule has 2 saturated heterocycles. The first-order valence-electron chi connectivity index (χ1n) is 9.12. The van der Waals surface area contributed by atoms with Crippen LogP contribution in [0.15, 0.2) is 23.2 Å². The molecular formula is C19H21FN6. The van der Waals surface area contributed by atoms with Crippen LogP contribution in [0.2, 0.25) is 0 Å². The van der Waals surface area contributed by atoms with Crippen LogP contribution in [0.25, 0.3) is 0 Å². The lowest BCUT2D eigenvalue weighted by Gasteiger charge is -2.35. The number of halogens is 1. The predicted octanol–water partition coefficient (Wildman–Crippen LogP) is 2.54. The number of hydrogen-bond acceptors (Lipinski definition) is 6. The second-order valence-corrected chi connectivity index (χ2v) is 7.23. The van der Waals surface area contributed by atoms with Crippen LogP contribution in [-0.2, 0) is 6.54 Å². The van der Waals surface area contributed by atoms with Gasteiger partial charge in [-0.25, -0.2) is 9.37 Å². The Morgan fingerprint density at radius 1 is 1.19 bits per heavy atom. The van der Waals surface area contributed by atoms with E-state index in [1.807, 2.05) is 24.4 Å². The molecule has 134 valence electrons. The molecule has 2 aromatic rings. The van der Waals surface area contributed by atoms with Crippen LogP contribution in [0.5, 0.6) is 0 Å². The monoisotopic (exact) mass is 352 g/mol. The highest BCUT2D eigenvalue weighted by atomic mass is 19.1. The first-order valence-corrected chi connectivity index (χ1v) is 9.12. The Bertz CT molecular complexity index is 880. The average Bonchev–Trinajstić information content (AvgIpc) is 3.20. The largest absolute Gasteiger partial charge is 0.338 e. The zero-order chi connectivity index (χ0) is 17.7. The summed E-state index contributed by atoms with van der Waals surface area (Å²) in [7, 11) is 0. The van der Waals surface area contributed by atoms with Gasteiger partial charge in [0.2, 0.25) is 5.95 Å². The zero-order valence-corrected chi connectivity index (χ0v) is 14.7. The van der Waals surface area contributed by atoms with Gasteiger partial charge in [-0.3, -0.25) is 4.99 Å². The van der Waals surface area contributed by atoms with E-state index in [4.69, 9.17) is 0 Å². The minimum absolute atomic E-state index is 0.236. The van der Waals surface area contributed by atoms with Crippen molar-refractivity contribution in [3.05, 3.63) is 40.8 Å². The minimum atomic E-state index is -0.398. The van der Waals surface area contributed by atoms with Gasteiger partial charge in [-0.1, -0.05) is 6.07 Å². The first kappa shape index (κ1) is 15.7. The van der Waals surface area contributed by atoms with Gasteiger partial charge >= 0.3 is 0 Å². The predicted molar refractivity (Wildman–Crippen MR) is 99.9 cm³/mol. The number of nitrogens with zero attached hydrogens (tertiary/aromatic N) is 4. The second-order valence-electron chi connectivity index (χ2n) is 7.23. The SMILES string of the molecule is Cc1nc(N2C3CCC2CNC3)nc(Nc2ccc3c(c2)C=NC3)c1F. The lowest BCUT2D eigenvalue weighted by atomic mass is 10.1. The van der Waals surface area contributed by atoms with E-state index in [0.29, 0.717) is 30.3 Å². The summed E-state index contributed by atoms with van der Waals surface area (Å²) in [6.07, 6.45) is 4.11. The van der Waals surface area contributed by atoms with Crippen LogP contribution in [0.4, 0.5) is 21.8 Å². The number of piperazine rings is 1. The molecule has 2 atom stereocenters. The highest BCUT2D eigenvalue weighted by Gasteiger charge is 2.38. The Morgan fingerprint density at radius 2 is 2.00 bits per heavy atom. The molecular weight excluding hydrogens is 331 g/mol. The summed E-state index contributed by atoms with van der Waals surface area (Å²) in [5.41, 5.74) is 3.44. The van der Waals surface area contributed by atoms with Crippen LogP contribution in [0, 0.1) is 12.7 Å². The minimum Gasteiger partial charge on any atom is -0.338 e. The van der Waals surface area contributed by atoms with E-state index >= 15 is 0 Å². The first-order chi connectivity index (χ1) is 12.7. The molecule has 1 aromatic heterocycles.